The van der Waals surface area contributed by atoms with Crippen molar-refractivity contribution < 1.29 is 17.0 Å². The number of rotatable bonds is 0. The Morgan fingerprint density at radius 3 is 2.46 bits per heavy atom. The van der Waals surface area contributed by atoms with Crippen LogP contribution in [0.1, 0.15) is 5.56 Å². The molecule has 0 spiro atoms. The van der Waals surface area contributed by atoms with E-state index in [1.165, 1.54) is 16.3 Å². The molecule has 0 unspecified atom stereocenters. The van der Waals surface area contributed by atoms with Crippen molar-refractivity contribution in [2.24, 2.45) is 0 Å². The minimum absolute atomic E-state index is 0. The SMILES string of the molecule is Cc1cc[c-]c2ccccc12.[Br-].[Mg+2]. The molecule has 0 saturated carbocycles. The van der Waals surface area contributed by atoms with Crippen molar-refractivity contribution in [3.63, 3.8) is 0 Å². The van der Waals surface area contributed by atoms with Crippen molar-refractivity contribution >= 4 is 33.8 Å². The molecule has 0 atom stereocenters. The molecule has 0 N–H and O–H groups in total. The van der Waals surface area contributed by atoms with E-state index in [1.807, 2.05) is 12.1 Å². The van der Waals surface area contributed by atoms with Gasteiger partial charge in [0.25, 0.3) is 0 Å². The molecule has 2 heteroatoms. The molecule has 0 aromatic heterocycles. The second-order valence-corrected chi connectivity index (χ2v) is 2.71. The fourth-order valence-corrected chi connectivity index (χ4v) is 1.30. The van der Waals surface area contributed by atoms with E-state index in [0.717, 1.165) is 0 Å². The summed E-state index contributed by atoms with van der Waals surface area (Å²) in [5.74, 6) is 0. The van der Waals surface area contributed by atoms with E-state index in [4.69, 9.17) is 0 Å². The third-order valence-corrected chi connectivity index (χ3v) is 1.92. The summed E-state index contributed by atoms with van der Waals surface area (Å²) in [4.78, 5) is 0. The summed E-state index contributed by atoms with van der Waals surface area (Å²) >= 11 is 0. The first-order valence-corrected chi connectivity index (χ1v) is 3.74. The average molecular weight is 245 g/mol. The predicted octanol–water partition coefficient (Wildman–Crippen LogP) is -0.428. The zero-order chi connectivity index (χ0) is 7.68. The van der Waals surface area contributed by atoms with E-state index in [2.05, 4.69) is 37.3 Å². The number of hydrogen-bond acceptors (Lipinski definition) is 0. The number of aryl methyl sites for hydroxylation is 1. The molecule has 62 valence electrons. The fraction of sp³-hybridized carbons (Fsp3) is 0.0909. The zero-order valence-electron chi connectivity index (χ0n) is 7.55. The quantitative estimate of drug-likeness (QED) is 0.436. The van der Waals surface area contributed by atoms with Crippen molar-refractivity contribution in [3.8, 4) is 0 Å². The summed E-state index contributed by atoms with van der Waals surface area (Å²) in [6, 6.07) is 15.6. The topological polar surface area (TPSA) is 0 Å². The summed E-state index contributed by atoms with van der Waals surface area (Å²) in [6.45, 7) is 2.12. The molecule has 0 aliphatic carbocycles. The monoisotopic (exact) mass is 244 g/mol. The molecule has 0 amide bonds. The molecule has 0 aliphatic rings. The van der Waals surface area contributed by atoms with Crippen LogP contribution in [0, 0.1) is 13.0 Å². The Balaban J connectivity index is 0.000000720. The first-order chi connectivity index (χ1) is 5.38. The maximum atomic E-state index is 3.19. The average Bonchev–Trinajstić information content (AvgIpc) is 2.06. The molecule has 0 saturated heterocycles. The Hall–Kier alpha value is -0.0538. The molecule has 0 bridgehead atoms. The molecule has 2 aromatic rings. The number of hydrogen-bond donors (Lipinski definition) is 0. The number of benzene rings is 2. The third-order valence-electron chi connectivity index (χ3n) is 1.92. The summed E-state index contributed by atoms with van der Waals surface area (Å²) in [5.41, 5.74) is 1.32. The van der Waals surface area contributed by atoms with Crippen LogP contribution in [0.2, 0.25) is 0 Å². The van der Waals surface area contributed by atoms with Gasteiger partial charge in [-0.2, -0.15) is 0 Å². The second-order valence-electron chi connectivity index (χ2n) is 2.71. The van der Waals surface area contributed by atoms with Crippen LogP contribution in [0.25, 0.3) is 10.8 Å². The van der Waals surface area contributed by atoms with Crippen molar-refractivity contribution in [3.05, 3.63) is 48.0 Å². The minimum Gasteiger partial charge on any atom is -1.00 e. The van der Waals surface area contributed by atoms with E-state index in [1.54, 1.807) is 0 Å². The summed E-state index contributed by atoms with van der Waals surface area (Å²) in [5, 5.41) is 2.50. The molecule has 2 rings (SSSR count). The molecule has 0 nitrogen and oxygen atoms in total. The van der Waals surface area contributed by atoms with Gasteiger partial charge >= 0.3 is 23.1 Å². The van der Waals surface area contributed by atoms with Gasteiger partial charge in [0.1, 0.15) is 0 Å². The van der Waals surface area contributed by atoms with Crippen molar-refractivity contribution in [1.82, 2.24) is 0 Å². The van der Waals surface area contributed by atoms with Crippen LogP contribution in [-0.4, -0.2) is 23.1 Å². The van der Waals surface area contributed by atoms with Gasteiger partial charge in [0, 0.05) is 0 Å². The molecule has 0 fully saturated rings. The van der Waals surface area contributed by atoms with Gasteiger partial charge in [0.2, 0.25) is 0 Å². The first-order valence-electron chi connectivity index (χ1n) is 3.74. The Labute approximate surface area is 105 Å². The minimum atomic E-state index is 0. The standard InChI is InChI=1S/C11H9.BrH.Mg/c1-9-5-4-7-10-6-2-3-8-11(9)10;;/h2-6,8H,1H3;1H;/q-1;;+2/p-1. The van der Waals surface area contributed by atoms with Gasteiger partial charge in [-0.1, -0.05) is 19.1 Å². The summed E-state index contributed by atoms with van der Waals surface area (Å²) in [6.07, 6.45) is 0. The number of halogens is 1. The van der Waals surface area contributed by atoms with E-state index >= 15 is 0 Å². The van der Waals surface area contributed by atoms with Gasteiger partial charge in [0.15, 0.2) is 0 Å². The zero-order valence-corrected chi connectivity index (χ0v) is 10.5. The fourth-order valence-electron chi connectivity index (χ4n) is 1.30. The predicted molar refractivity (Wildman–Crippen MR) is 53.3 cm³/mol. The van der Waals surface area contributed by atoms with Gasteiger partial charge in [-0.25, -0.2) is 0 Å². The first kappa shape index (κ1) is 12.9. The van der Waals surface area contributed by atoms with E-state index < -0.39 is 0 Å². The molecular formula is C11H9BrMg. The van der Waals surface area contributed by atoms with Crippen LogP contribution in [-0.2, 0) is 0 Å². The number of fused-ring (bicyclic) bond motifs is 1. The van der Waals surface area contributed by atoms with E-state index in [-0.39, 0.29) is 40.0 Å². The third kappa shape index (κ3) is 2.69. The van der Waals surface area contributed by atoms with Crippen LogP contribution in [0.5, 0.6) is 0 Å². The summed E-state index contributed by atoms with van der Waals surface area (Å²) in [7, 11) is 0. The van der Waals surface area contributed by atoms with Crippen molar-refractivity contribution in [1.29, 1.82) is 0 Å². The van der Waals surface area contributed by atoms with E-state index in [0.29, 0.717) is 0 Å². The Morgan fingerprint density at radius 1 is 1.08 bits per heavy atom. The second kappa shape index (κ2) is 5.63. The molecular weight excluding hydrogens is 236 g/mol. The van der Waals surface area contributed by atoms with Gasteiger partial charge < -0.3 is 17.0 Å². The Bertz CT molecular complexity index is 379. The largest absolute Gasteiger partial charge is 2.00 e. The van der Waals surface area contributed by atoms with Gasteiger partial charge in [-0.3, -0.25) is 0 Å². The van der Waals surface area contributed by atoms with Gasteiger partial charge in [0.05, 0.1) is 0 Å². The normalized spacial score (nSPS) is 8.69. The molecule has 0 aliphatic heterocycles. The van der Waals surface area contributed by atoms with Gasteiger partial charge in [-0.05, 0) is 0 Å². The van der Waals surface area contributed by atoms with E-state index in [9.17, 15) is 0 Å². The van der Waals surface area contributed by atoms with Crippen LogP contribution in [0.3, 0.4) is 0 Å². The smallest absolute Gasteiger partial charge is 1.00 e. The molecule has 2 aromatic carbocycles. The maximum Gasteiger partial charge on any atom is 2.00 e. The summed E-state index contributed by atoms with van der Waals surface area (Å²) < 4.78 is 0. The molecule has 13 heavy (non-hydrogen) atoms. The van der Waals surface area contributed by atoms with Crippen molar-refractivity contribution in [2.75, 3.05) is 0 Å². The molecule has 0 radical (unpaired) electrons. The van der Waals surface area contributed by atoms with Crippen LogP contribution >= 0.6 is 0 Å². The van der Waals surface area contributed by atoms with Crippen molar-refractivity contribution in [2.45, 2.75) is 6.92 Å². The van der Waals surface area contributed by atoms with Crippen LogP contribution in [0.15, 0.2) is 36.4 Å². The molecule has 0 heterocycles. The van der Waals surface area contributed by atoms with Crippen LogP contribution in [0.4, 0.5) is 0 Å². The Morgan fingerprint density at radius 2 is 1.77 bits per heavy atom. The van der Waals surface area contributed by atoms with Crippen LogP contribution < -0.4 is 17.0 Å². The Kier molecular flexibility index (Phi) is 5.61. The maximum absolute atomic E-state index is 3.19. The van der Waals surface area contributed by atoms with Gasteiger partial charge in [-0.15, -0.1) is 46.7 Å².